The minimum atomic E-state index is -0.921. The highest BCUT2D eigenvalue weighted by Gasteiger charge is 2.48. The lowest BCUT2D eigenvalue weighted by Crippen LogP contribution is -2.29. The highest BCUT2D eigenvalue weighted by Crippen LogP contribution is 2.46. The number of benzene rings is 3. The molecule has 1 saturated heterocycles. The lowest BCUT2D eigenvalue weighted by Gasteiger charge is -2.26. The molecule has 0 saturated carbocycles. The van der Waals surface area contributed by atoms with Crippen LogP contribution >= 0.6 is 11.6 Å². The van der Waals surface area contributed by atoms with Gasteiger partial charge in [-0.15, -0.1) is 0 Å². The van der Waals surface area contributed by atoms with E-state index in [2.05, 4.69) is 4.98 Å². The number of hydrogen-bond donors (Lipinski definition) is 2. The Morgan fingerprint density at radius 3 is 2.44 bits per heavy atom. The number of para-hydroxylation sites is 1. The lowest BCUT2D eigenvalue weighted by molar-refractivity contribution is -0.132. The molecule has 7 nitrogen and oxygen atoms in total. The van der Waals surface area contributed by atoms with Gasteiger partial charge in [0, 0.05) is 39.5 Å². The topological polar surface area (TPSA) is 91.9 Å². The number of nitrogens with one attached hydrogen (secondary N) is 1. The van der Waals surface area contributed by atoms with Gasteiger partial charge in [0.1, 0.15) is 17.3 Å². The van der Waals surface area contributed by atoms with Gasteiger partial charge in [-0.05, 0) is 43.3 Å². The number of Topliss-reactive ketones (excluding diaryl/α,β-unsaturated/α-hetero) is 1. The molecular formula is C28H23ClN2O5. The third kappa shape index (κ3) is 3.69. The maximum Gasteiger partial charge on any atom is 0.300 e. The summed E-state index contributed by atoms with van der Waals surface area (Å²) in [6.45, 7) is 1.87. The molecule has 1 unspecified atom stereocenters. The number of hydrogen-bond acceptors (Lipinski definition) is 5. The van der Waals surface area contributed by atoms with Crippen molar-refractivity contribution in [2.75, 3.05) is 19.1 Å². The Morgan fingerprint density at radius 2 is 1.69 bits per heavy atom. The molecule has 1 fully saturated rings. The zero-order chi connectivity index (χ0) is 25.6. The summed E-state index contributed by atoms with van der Waals surface area (Å²) in [7, 11) is 3.02. The smallest absolute Gasteiger partial charge is 0.300 e. The predicted molar refractivity (Wildman–Crippen MR) is 139 cm³/mol. The van der Waals surface area contributed by atoms with E-state index in [1.165, 1.54) is 25.2 Å². The molecule has 1 atom stereocenters. The van der Waals surface area contributed by atoms with Gasteiger partial charge in [-0.3, -0.25) is 14.5 Å². The second-order valence-electron chi connectivity index (χ2n) is 8.43. The Bertz CT molecular complexity index is 1550. The number of ether oxygens (including phenoxy) is 2. The molecule has 4 aromatic rings. The van der Waals surface area contributed by atoms with Gasteiger partial charge in [0.15, 0.2) is 0 Å². The largest absolute Gasteiger partial charge is 0.507 e. The Morgan fingerprint density at radius 1 is 0.972 bits per heavy atom. The molecule has 1 aliphatic heterocycles. The number of aliphatic hydroxyl groups excluding tert-OH is 1. The van der Waals surface area contributed by atoms with E-state index in [4.69, 9.17) is 21.1 Å². The van der Waals surface area contributed by atoms with Gasteiger partial charge < -0.3 is 19.6 Å². The fourth-order valence-electron chi connectivity index (χ4n) is 4.74. The Kier molecular flexibility index (Phi) is 5.94. The van der Waals surface area contributed by atoms with Gasteiger partial charge in [-0.1, -0.05) is 35.9 Å². The number of amides is 1. The average Bonchev–Trinajstić information content (AvgIpc) is 3.35. The van der Waals surface area contributed by atoms with E-state index >= 15 is 0 Å². The third-order valence-corrected chi connectivity index (χ3v) is 6.75. The van der Waals surface area contributed by atoms with E-state index in [9.17, 15) is 14.7 Å². The van der Waals surface area contributed by atoms with Gasteiger partial charge in [0.2, 0.25) is 0 Å². The highest BCUT2D eigenvalue weighted by molar-refractivity contribution is 6.52. The molecule has 2 heterocycles. The van der Waals surface area contributed by atoms with Crippen LogP contribution in [0.4, 0.5) is 5.69 Å². The van der Waals surface area contributed by atoms with Crippen molar-refractivity contribution in [2.24, 2.45) is 0 Å². The Labute approximate surface area is 212 Å². The average molecular weight is 503 g/mol. The Hall–Kier alpha value is -4.23. The van der Waals surface area contributed by atoms with Crippen LogP contribution in [0.2, 0.25) is 5.02 Å². The van der Waals surface area contributed by atoms with Gasteiger partial charge in [0.25, 0.3) is 11.7 Å². The molecule has 1 aliphatic rings. The minimum Gasteiger partial charge on any atom is -0.507 e. The summed E-state index contributed by atoms with van der Waals surface area (Å²) >= 11 is 6.42. The molecule has 3 aromatic carbocycles. The monoisotopic (exact) mass is 502 g/mol. The summed E-state index contributed by atoms with van der Waals surface area (Å²) in [6, 6.07) is 18.4. The van der Waals surface area contributed by atoms with E-state index < -0.39 is 17.7 Å². The van der Waals surface area contributed by atoms with Crippen molar-refractivity contribution >= 4 is 45.6 Å². The summed E-state index contributed by atoms with van der Waals surface area (Å²) in [5.41, 5.74) is 2.90. The molecular weight excluding hydrogens is 480 g/mol. The molecule has 36 heavy (non-hydrogen) atoms. The highest BCUT2D eigenvalue weighted by atomic mass is 35.5. The zero-order valence-corrected chi connectivity index (χ0v) is 20.6. The normalized spacial score (nSPS) is 17.1. The SMILES string of the molecule is COc1cccc(N2C(=O)C(=O)/C(=C(/O)c3cc(OC)ccc3Cl)C2c2c(C)[nH]c3ccccc23)c1. The van der Waals surface area contributed by atoms with Crippen LogP contribution in [-0.2, 0) is 9.59 Å². The van der Waals surface area contributed by atoms with E-state index in [1.807, 2.05) is 31.2 Å². The van der Waals surface area contributed by atoms with Gasteiger partial charge >= 0.3 is 0 Å². The molecule has 8 heteroatoms. The van der Waals surface area contributed by atoms with Crippen molar-refractivity contribution in [2.45, 2.75) is 13.0 Å². The first-order valence-electron chi connectivity index (χ1n) is 11.2. The van der Waals surface area contributed by atoms with Crippen molar-refractivity contribution in [1.29, 1.82) is 0 Å². The lowest BCUT2D eigenvalue weighted by atomic mass is 9.93. The van der Waals surface area contributed by atoms with Crippen LogP contribution in [-0.4, -0.2) is 36.0 Å². The van der Waals surface area contributed by atoms with Crippen LogP contribution in [0.5, 0.6) is 11.5 Å². The minimum absolute atomic E-state index is 0.0640. The zero-order valence-electron chi connectivity index (χ0n) is 19.8. The van der Waals surface area contributed by atoms with E-state index in [-0.39, 0.29) is 21.9 Å². The molecule has 0 bridgehead atoms. The summed E-state index contributed by atoms with van der Waals surface area (Å²) in [5, 5.41) is 12.6. The van der Waals surface area contributed by atoms with Crippen molar-refractivity contribution in [3.05, 3.63) is 94.1 Å². The number of rotatable bonds is 5. The van der Waals surface area contributed by atoms with Crippen LogP contribution in [0.1, 0.15) is 22.9 Å². The second kappa shape index (κ2) is 9.09. The number of H-pyrrole nitrogens is 1. The van der Waals surface area contributed by atoms with Crippen molar-refractivity contribution in [3.63, 3.8) is 0 Å². The van der Waals surface area contributed by atoms with Crippen LogP contribution < -0.4 is 14.4 Å². The fraction of sp³-hybridized carbons (Fsp3) is 0.143. The molecule has 0 radical (unpaired) electrons. The number of fused-ring (bicyclic) bond motifs is 1. The fourth-order valence-corrected chi connectivity index (χ4v) is 4.95. The maximum atomic E-state index is 13.6. The van der Waals surface area contributed by atoms with Gasteiger partial charge in [-0.2, -0.15) is 0 Å². The number of aromatic nitrogens is 1. The molecule has 1 aromatic heterocycles. The van der Waals surface area contributed by atoms with Gasteiger partial charge in [-0.25, -0.2) is 0 Å². The number of anilines is 1. The van der Waals surface area contributed by atoms with Crippen LogP contribution in [0.15, 0.2) is 72.3 Å². The third-order valence-electron chi connectivity index (χ3n) is 6.42. The number of aryl methyl sites for hydroxylation is 1. The molecule has 0 aliphatic carbocycles. The van der Waals surface area contributed by atoms with Crippen molar-refractivity contribution in [1.82, 2.24) is 4.98 Å². The van der Waals surface area contributed by atoms with Crippen LogP contribution in [0.25, 0.3) is 16.7 Å². The number of aromatic amines is 1. The van der Waals surface area contributed by atoms with Crippen LogP contribution in [0.3, 0.4) is 0 Å². The second-order valence-corrected chi connectivity index (χ2v) is 8.83. The quantitative estimate of drug-likeness (QED) is 0.205. The summed E-state index contributed by atoms with van der Waals surface area (Å²) in [4.78, 5) is 31.8. The Balaban J connectivity index is 1.83. The van der Waals surface area contributed by atoms with Crippen LogP contribution in [0, 0.1) is 6.92 Å². The first-order valence-corrected chi connectivity index (χ1v) is 11.6. The first kappa shape index (κ1) is 23.5. The molecule has 2 N–H and O–H groups in total. The molecule has 5 rings (SSSR count). The number of methoxy groups -OCH3 is 2. The van der Waals surface area contributed by atoms with Gasteiger partial charge in [0.05, 0.1) is 30.9 Å². The van der Waals surface area contributed by atoms with E-state index in [1.54, 1.807) is 36.4 Å². The number of carbonyl (C=O) groups excluding carboxylic acids is 2. The number of carbonyl (C=O) groups is 2. The summed E-state index contributed by atoms with van der Waals surface area (Å²) < 4.78 is 10.6. The predicted octanol–water partition coefficient (Wildman–Crippen LogP) is 5.77. The number of aliphatic hydroxyl groups is 1. The maximum absolute atomic E-state index is 13.6. The number of nitrogens with zero attached hydrogens (tertiary/aromatic N) is 1. The van der Waals surface area contributed by atoms with Crippen molar-refractivity contribution in [3.8, 4) is 11.5 Å². The number of halogens is 1. The number of ketones is 1. The van der Waals surface area contributed by atoms with E-state index in [0.29, 0.717) is 22.7 Å². The first-order chi connectivity index (χ1) is 17.3. The molecule has 182 valence electrons. The van der Waals surface area contributed by atoms with E-state index in [0.717, 1.165) is 16.6 Å². The van der Waals surface area contributed by atoms with Crippen molar-refractivity contribution < 1.29 is 24.2 Å². The summed E-state index contributed by atoms with van der Waals surface area (Å²) in [5.74, 6) is -0.984. The molecule has 0 spiro atoms. The standard InChI is InChI=1S/C28H23ClN2O5/c1-15-23(19-9-4-5-10-22(19)30-15)25-24(26(32)20-14-18(36-3)11-12-21(20)29)27(33)28(34)31(25)16-7-6-8-17(13-16)35-2/h4-14,25,30,32H,1-3H3/b26-24+. The molecule has 1 amide bonds. The summed E-state index contributed by atoms with van der Waals surface area (Å²) in [6.07, 6.45) is 0.